The van der Waals surface area contributed by atoms with Crippen molar-refractivity contribution in [1.29, 1.82) is 0 Å². The summed E-state index contributed by atoms with van der Waals surface area (Å²) in [5.74, 6) is 0. The van der Waals surface area contributed by atoms with E-state index in [9.17, 15) is 5.11 Å². The highest BCUT2D eigenvalue weighted by Crippen LogP contribution is 2.31. The zero-order chi connectivity index (χ0) is 11.4. The maximum atomic E-state index is 9.54. The Labute approximate surface area is 104 Å². The summed E-state index contributed by atoms with van der Waals surface area (Å²) in [4.78, 5) is 4.35. The van der Waals surface area contributed by atoms with E-state index in [0.717, 1.165) is 36.0 Å². The molecule has 0 radical (unpaired) electrons. The lowest BCUT2D eigenvalue weighted by Gasteiger charge is -2.35. The number of ether oxygens (including phenoxy) is 1. The standard InChI is InChI=1S/C12H16BrNO2/c13-10-2-3-11(14-7-10)6-12(8-15)4-1-5-16-9-12/h2-3,7,15H,1,4-6,8-9H2. The smallest absolute Gasteiger partial charge is 0.0548 e. The van der Waals surface area contributed by atoms with Crippen LogP contribution in [-0.4, -0.2) is 29.9 Å². The first kappa shape index (κ1) is 12.0. The summed E-state index contributed by atoms with van der Waals surface area (Å²) < 4.78 is 6.46. The van der Waals surface area contributed by atoms with Crippen LogP contribution in [0.1, 0.15) is 18.5 Å². The predicted molar refractivity (Wildman–Crippen MR) is 65.2 cm³/mol. The lowest BCUT2D eigenvalue weighted by molar-refractivity contribution is -0.0383. The topological polar surface area (TPSA) is 42.4 Å². The van der Waals surface area contributed by atoms with Gasteiger partial charge in [-0.3, -0.25) is 4.98 Å². The van der Waals surface area contributed by atoms with Gasteiger partial charge in [0.1, 0.15) is 0 Å². The van der Waals surface area contributed by atoms with Crippen LogP contribution in [0.2, 0.25) is 0 Å². The highest BCUT2D eigenvalue weighted by molar-refractivity contribution is 9.10. The highest BCUT2D eigenvalue weighted by atomic mass is 79.9. The molecule has 1 atom stereocenters. The molecule has 1 N–H and O–H groups in total. The maximum absolute atomic E-state index is 9.54. The van der Waals surface area contributed by atoms with E-state index in [0.29, 0.717) is 6.61 Å². The average molecular weight is 286 g/mol. The Bertz CT molecular complexity index is 333. The number of aliphatic hydroxyl groups excluding tert-OH is 1. The van der Waals surface area contributed by atoms with E-state index >= 15 is 0 Å². The molecule has 0 aliphatic carbocycles. The van der Waals surface area contributed by atoms with E-state index in [-0.39, 0.29) is 12.0 Å². The van der Waals surface area contributed by atoms with Gasteiger partial charge in [-0.2, -0.15) is 0 Å². The van der Waals surface area contributed by atoms with Crippen molar-refractivity contribution in [2.24, 2.45) is 5.41 Å². The van der Waals surface area contributed by atoms with Crippen LogP contribution in [0.3, 0.4) is 0 Å². The van der Waals surface area contributed by atoms with Crippen molar-refractivity contribution < 1.29 is 9.84 Å². The molecule has 0 amide bonds. The highest BCUT2D eigenvalue weighted by Gasteiger charge is 2.32. The van der Waals surface area contributed by atoms with Gasteiger partial charge in [-0.25, -0.2) is 0 Å². The van der Waals surface area contributed by atoms with E-state index in [1.165, 1.54) is 0 Å². The Morgan fingerprint density at radius 1 is 1.50 bits per heavy atom. The minimum atomic E-state index is -0.126. The molecule has 1 fully saturated rings. The second-order valence-corrected chi connectivity index (χ2v) is 5.37. The molecule has 1 aliphatic heterocycles. The van der Waals surface area contributed by atoms with Gasteiger partial charge in [0.05, 0.1) is 13.2 Å². The summed E-state index contributed by atoms with van der Waals surface area (Å²) in [5, 5.41) is 9.54. The molecule has 0 spiro atoms. The third-order valence-corrected chi connectivity index (χ3v) is 3.55. The van der Waals surface area contributed by atoms with Crippen molar-refractivity contribution >= 4 is 15.9 Å². The minimum Gasteiger partial charge on any atom is -0.396 e. The third-order valence-electron chi connectivity index (χ3n) is 3.08. The molecule has 1 unspecified atom stereocenters. The molecule has 1 aromatic heterocycles. The molecular formula is C12H16BrNO2. The van der Waals surface area contributed by atoms with E-state index in [4.69, 9.17) is 4.74 Å². The first-order chi connectivity index (χ1) is 7.74. The quantitative estimate of drug-likeness (QED) is 0.926. The number of halogens is 1. The molecule has 88 valence electrons. The number of nitrogens with zero attached hydrogens (tertiary/aromatic N) is 1. The van der Waals surface area contributed by atoms with Gasteiger partial charge < -0.3 is 9.84 Å². The number of rotatable bonds is 3. The summed E-state index contributed by atoms with van der Waals surface area (Å²) in [6.07, 6.45) is 4.62. The summed E-state index contributed by atoms with van der Waals surface area (Å²) in [6, 6.07) is 3.98. The Hall–Kier alpha value is -0.450. The Balaban J connectivity index is 2.08. The van der Waals surface area contributed by atoms with Gasteiger partial charge in [-0.15, -0.1) is 0 Å². The van der Waals surface area contributed by atoms with Gasteiger partial charge in [-0.1, -0.05) is 0 Å². The zero-order valence-corrected chi connectivity index (χ0v) is 10.7. The first-order valence-corrected chi connectivity index (χ1v) is 6.32. The molecule has 1 saturated heterocycles. The van der Waals surface area contributed by atoms with Crippen LogP contribution in [0, 0.1) is 5.41 Å². The Morgan fingerprint density at radius 3 is 2.94 bits per heavy atom. The number of hydrogen-bond acceptors (Lipinski definition) is 3. The van der Waals surface area contributed by atoms with Crippen LogP contribution in [0.4, 0.5) is 0 Å². The number of pyridine rings is 1. The molecule has 2 heterocycles. The van der Waals surface area contributed by atoms with Crippen LogP contribution < -0.4 is 0 Å². The summed E-state index contributed by atoms with van der Waals surface area (Å²) >= 11 is 3.36. The van der Waals surface area contributed by atoms with Crippen LogP contribution >= 0.6 is 15.9 Å². The normalized spacial score (nSPS) is 25.6. The average Bonchev–Trinajstić information content (AvgIpc) is 2.33. The predicted octanol–water partition coefficient (Wildman–Crippen LogP) is 2.18. The van der Waals surface area contributed by atoms with E-state index < -0.39 is 0 Å². The molecule has 4 heteroatoms. The van der Waals surface area contributed by atoms with Crippen LogP contribution in [0.25, 0.3) is 0 Å². The fourth-order valence-electron chi connectivity index (χ4n) is 2.13. The van der Waals surface area contributed by atoms with Gasteiger partial charge >= 0.3 is 0 Å². The molecular weight excluding hydrogens is 270 g/mol. The second-order valence-electron chi connectivity index (χ2n) is 4.46. The second kappa shape index (κ2) is 5.25. The van der Waals surface area contributed by atoms with Crippen LogP contribution in [-0.2, 0) is 11.2 Å². The SMILES string of the molecule is OCC1(Cc2ccc(Br)cn2)CCCOC1. The summed E-state index contributed by atoms with van der Waals surface area (Å²) in [6.45, 7) is 1.63. The summed E-state index contributed by atoms with van der Waals surface area (Å²) in [7, 11) is 0. The largest absolute Gasteiger partial charge is 0.396 e. The van der Waals surface area contributed by atoms with E-state index in [2.05, 4.69) is 20.9 Å². The molecule has 1 aromatic rings. The maximum Gasteiger partial charge on any atom is 0.0548 e. The van der Waals surface area contributed by atoms with Gasteiger partial charge in [0.25, 0.3) is 0 Å². The number of aromatic nitrogens is 1. The molecule has 0 bridgehead atoms. The Kier molecular flexibility index (Phi) is 3.95. The van der Waals surface area contributed by atoms with Crippen LogP contribution in [0.15, 0.2) is 22.8 Å². The molecule has 16 heavy (non-hydrogen) atoms. The zero-order valence-electron chi connectivity index (χ0n) is 9.16. The molecule has 3 nitrogen and oxygen atoms in total. The van der Waals surface area contributed by atoms with Crippen molar-refractivity contribution in [3.63, 3.8) is 0 Å². The van der Waals surface area contributed by atoms with Crippen molar-refractivity contribution in [1.82, 2.24) is 4.98 Å². The number of hydrogen-bond donors (Lipinski definition) is 1. The fourth-order valence-corrected chi connectivity index (χ4v) is 2.36. The molecule has 1 aliphatic rings. The van der Waals surface area contributed by atoms with Crippen LogP contribution in [0.5, 0.6) is 0 Å². The first-order valence-electron chi connectivity index (χ1n) is 5.53. The molecule has 2 rings (SSSR count). The monoisotopic (exact) mass is 285 g/mol. The lowest BCUT2D eigenvalue weighted by Crippen LogP contribution is -2.37. The fraction of sp³-hybridized carbons (Fsp3) is 0.583. The van der Waals surface area contributed by atoms with Gasteiger partial charge in [0.2, 0.25) is 0 Å². The lowest BCUT2D eigenvalue weighted by atomic mass is 9.79. The Morgan fingerprint density at radius 2 is 2.38 bits per heavy atom. The van der Waals surface area contributed by atoms with Gasteiger partial charge in [-0.05, 0) is 47.3 Å². The minimum absolute atomic E-state index is 0.126. The van der Waals surface area contributed by atoms with Gasteiger partial charge in [0, 0.05) is 28.4 Å². The van der Waals surface area contributed by atoms with E-state index in [1.54, 1.807) is 6.20 Å². The molecule has 0 saturated carbocycles. The summed E-state index contributed by atoms with van der Waals surface area (Å²) in [5.41, 5.74) is 0.891. The van der Waals surface area contributed by atoms with E-state index in [1.807, 2.05) is 12.1 Å². The number of aliphatic hydroxyl groups is 1. The van der Waals surface area contributed by atoms with Gasteiger partial charge in [0.15, 0.2) is 0 Å². The van der Waals surface area contributed by atoms with Crippen molar-refractivity contribution in [2.45, 2.75) is 19.3 Å². The molecule has 0 aromatic carbocycles. The van der Waals surface area contributed by atoms with Crippen molar-refractivity contribution in [3.05, 3.63) is 28.5 Å². The van der Waals surface area contributed by atoms with Crippen molar-refractivity contribution in [2.75, 3.05) is 19.8 Å². The van der Waals surface area contributed by atoms with Crippen molar-refractivity contribution in [3.8, 4) is 0 Å². The third kappa shape index (κ3) is 2.81.